The van der Waals surface area contributed by atoms with Crippen molar-refractivity contribution in [1.82, 2.24) is 4.98 Å². The highest BCUT2D eigenvalue weighted by atomic mass is 19.1. The van der Waals surface area contributed by atoms with Crippen LogP contribution in [0.4, 0.5) is 10.1 Å². The molecular weight excluding hydrogens is 243 g/mol. The molecule has 0 fully saturated rings. The van der Waals surface area contributed by atoms with Gasteiger partial charge in [-0.25, -0.2) is 4.39 Å². The molecule has 0 saturated heterocycles. The van der Waals surface area contributed by atoms with Gasteiger partial charge in [-0.15, -0.1) is 0 Å². The van der Waals surface area contributed by atoms with Crippen LogP contribution in [0.2, 0.25) is 0 Å². The Morgan fingerprint density at radius 2 is 2.00 bits per heavy atom. The van der Waals surface area contributed by atoms with Crippen molar-refractivity contribution in [3.8, 4) is 0 Å². The number of aldehydes is 1. The number of anilines is 1. The van der Waals surface area contributed by atoms with Crippen molar-refractivity contribution in [3.63, 3.8) is 0 Å². The van der Waals surface area contributed by atoms with Crippen molar-refractivity contribution in [2.45, 2.75) is 6.42 Å². The topological polar surface area (TPSA) is 33.2 Å². The van der Waals surface area contributed by atoms with Crippen LogP contribution in [0, 0.1) is 5.82 Å². The number of hydrogen-bond donors (Lipinski definition) is 0. The molecule has 1 aromatic carbocycles. The molecule has 1 aromatic heterocycles. The smallest absolute Gasteiger partial charge is 0.150 e. The van der Waals surface area contributed by atoms with Crippen LogP contribution in [0.25, 0.3) is 0 Å². The molecule has 0 bridgehead atoms. The van der Waals surface area contributed by atoms with Crippen LogP contribution < -0.4 is 4.90 Å². The van der Waals surface area contributed by atoms with Gasteiger partial charge >= 0.3 is 0 Å². The van der Waals surface area contributed by atoms with Crippen molar-refractivity contribution in [2.75, 3.05) is 18.5 Å². The summed E-state index contributed by atoms with van der Waals surface area (Å²) in [6.45, 7) is 0.696. The second-order valence-electron chi connectivity index (χ2n) is 4.36. The zero-order valence-corrected chi connectivity index (χ0v) is 10.7. The summed E-state index contributed by atoms with van der Waals surface area (Å²) in [5.74, 6) is -0.373. The largest absolute Gasteiger partial charge is 0.372 e. The second-order valence-corrected chi connectivity index (χ2v) is 4.36. The van der Waals surface area contributed by atoms with E-state index in [1.54, 1.807) is 24.5 Å². The number of halogens is 1. The van der Waals surface area contributed by atoms with Crippen LogP contribution in [-0.2, 0) is 6.42 Å². The minimum atomic E-state index is -0.373. The molecule has 0 saturated carbocycles. The Bertz CT molecular complexity index is 557. The molecule has 1 heterocycles. The van der Waals surface area contributed by atoms with Gasteiger partial charge in [-0.1, -0.05) is 0 Å². The number of carbonyl (C=O) groups excluding carboxylic acids is 1. The number of nitrogens with zero attached hydrogens (tertiary/aromatic N) is 2. The number of rotatable bonds is 5. The fraction of sp³-hybridized carbons (Fsp3) is 0.200. The summed E-state index contributed by atoms with van der Waals surface area (Å²) >= 11 is 0. The molecular formula is C15H15FN2O. The lowest BCUT2D eigenvalue weighted by Gasteiger charge is -2.20. The Kier molecular flexibility index (Phi) is 4.23. The summed E-state index contributed by atoms with van der Waals surface area (Å²) in [4.78, 5) is 16.4. The SMILES string of the molecule is CN(CCc1ccncc1)c1ccc(C=O)cc1F. The molecule has 2 aromatic rings. The van der Waals surface area contributed by atoms with Gasteiger partial charge in [-0.05, 0) is 42.3 Å². The Hall–Kier alpha value is -2.23. The number of carbonyl (C=O) groups is 1. The van der Waals surface area contributed by atoms with Gasteiger partial charge in [0.1, 0.15) is 12.1 Å². The van der Waals surface area contributed by atoms with E-state index in [4.69, 9.17) is 0 Å². The van der Waals surface area contributed by atoms with Gasteiger partial charge in [-0.2, -0.15) is 0 Å². The monoisotopic (exact) mass is 258 g/mol. The first-order valence-electron chi connectivity index (χ1n) is 6.05. The number of hydrogen-bond acceptors (Lipinski definition) is 3. The molecule has 0 unspecified atom stereocenters. The van der Waals surface area contributed by atoms with Crippen molar-refractivity contribution in [1.29, 1.82) is 0 Å². The summed E-state index contributed by atoms with van der Waals surface area (Å²) in [6.07, 6.45) is 4.95. The lowest BCUT2D eigenvalue weighted by molar-refractivity contribution is 0.112. The van der Waals surface area contributed by atoms with Crippen molar-refractivity contribution in [2.24, 2.45) is 0 Å². The van der Waals surface area contributed by atoms with Gasteiger partial charge in [0.15, 0.2) is 0 Å². The fourth-order valence-electron chi connectivity index (χ4n) is 1.87. The summed E-state index contributed by atoms with van der Waals surface area (Å²) in [5.41, 5.74) is 2.01. The Morgan fingerprint density at radius 1 is 1.26 bits per heavy atom. The summed E-state index contributed by atoms with van der Waals surface area (Å²) in [6, 6.07) is 8.39. The molecule has 3 nitrogen and oxygen atoms in total. The minimum Gasteiger partial charge on any atom is -0.372 e. The molecule has 0 atom stereocenters. The van der Waals surface area contributed by atoms with Gasteiger partial charge in [0.2, 0.25) is 0 Å². The molecule has 0 aliphatic carbocycles. The zero-order chi connectivity index (χ0) is 13.7. The predicted octanol–water partition coefficient (Wildman–Crippen LogP) is 2.71. The Balaban J connectivity index is 2.04. The molecule has 0 spiro atoms. The third-order valence-corrected chi connectivity index (χ3v) is 3.00. The van der Waals surface area contributed by atoms with Crippen LogP contribution in [0.5, 0.6) is 0 Å². The maximum atomic E-state index is 13.8. The lowest BCUT2D eigenvalue weighted by Crippen LogP contribution is -2.21. The first-order chi connectivity index (χ1) is 9.20. The number of pyridine rings is 1. The third-order valence-electron chi connectivity index (χ3n) is 3.00. The molecule has 0 aliphatic rings. The van der Waals surface area contributed by atoms with Gasteiger partial charge < -0.3 is 4.90 Å². The van der Waals surface area contributed by atoms with E-state index >= 15 is 0 Å². The highest BCUT2D eigenvalue weighted by Gasteiger charge is 2.08. The quantitative estimate of drug-likeness (QED) is 0.773. The fourth-order valence-corrected chi connectivity index (χ4v) is 1.87. The van der Waals surface area contributed by atoms with E-state index in [1.807, 2.05) is 24.1 Å². The van der Waals surface area contributed by atoms with Gasteiger partial charge in [0.25, 0.3) is 0 Å². The van der Waals surface area contributed by atoms with E-state index in [2.05, 4.69) is 4.98 Å². The number of benzene rings is 1. The van der Waals surface area contributed by atoms with Crippen molar-refractivity contribution >= 4 is 12.0 Å². The first kappa shape index (κ1) is 13.2. The van der Waals surface area contributed by atoms with Gasteiger partial charge in [0.05, 0.1) is 5.69 Å². The number of aromatic nitrogens is 1. The van der Waals surface area contributed by atoms with Crippen LogP contribution in [0.1, 0.15) is 15.9 Å². The lowest BCUT2D eigenvalue weighted by atomic mass is 10.1. The van der Waals surface area contributed by atoms with E-state index < -0.39 is 0 Å². The van der Waals surface area contributed by atoms with E-state index in [0.29, 0.717) is 24.1 Å². The Morgan fingerprint density at radius 3 is 2.63 bits per heavy atom. The van der Waals surface area contributed by atoms with Gasteiger partial charge in [-0.3, -0.25) is 9.78 Å². The second kappa shape index (κ2) is 6.09. The standard InChI is InChI=1S/C15H15FN2O/c1-18(9-6-12-4-7-17-8-5-12)15-3-2-13(11-19)10-14(15)16/h2-5,7-8,10-11H,6,9H2,1H3. The minimum absolute atomic E-state index is 0.351. The zero-order valence-electron chi connectivity index (χ0n) is 10.7. The average Bonchev–Trinajstić information content (AvgIpc) is 2.45. The third kappa shape index (κ3) is 3.37. The summed E-state index contributed by atoms with van der Waals surface area (Å²) in [5, 5.41) is 0. The molecule has 19 heavy (non-hydrogen) atoms. The normalized spacial score (nSPS) is 10.2. The molecule has 2 rings (SSSR count). The first-order valence-corrected chi connectivity index (χ1v) is 6.05. The summed E-state index contributed by atoms with van der Waals surface area (Å²) in [7, 11) is 1.83. The molecule has 0 aliphatic heterocycles. The highest BCUT2D eigenvalue weighted by molar-refractivity contribution is 5.75. The predicted molar refractivity (Wildman–Crippen MR) is 73.0 cm³/mol. The maximum absolute atomic E-state index is 13.8. The number of likely N-dealkylation sites (N-methyl/N-ethyl adjacent to an activating group) is 1. The highest BCUT2D eigenvalue weighted by Crippen LogP contribution is 2.19. The molecule has 98 valence electrons. The molecule has 0 amide bonds. The van der Waals surface area contributed by atoms with Crippen molar-refractivity contribution in [3.05, 3.63) is 59.7 Å². The van der Waals surface area contributed by atoms with E-state index in [1.165, 1.54) is 6.07 Å². The van der Waals surface area contributed by atoms with E-state index in [-0.39, 0.29) is 5.82 Å². The molecule has 4 heteroatoms. The van der Waals surface area contributed by atoms with Crippen LogP contribution in [-0.4, -0.2) is 24.9 Å². The Labute approximate surface area is 111 Å². The van der Waals surface area contributed by atoms with Crippen LogP contribution in [0.15, 0.2) is 42.7 Å². The van der Waals surface area contributed by atoms with E-state index in [9.17, 15) is 9.18 Å². The van der Waals surface area contributed by atoms with Crippen LogP contribution >= 0.6 is 0 Å². The maximum Gasteiger partial charge on any atom is 0.150 e. The molecule has 0 N–H and O–H groups in total. The van der Waals surface area contributed by atoms with Crippen LogP contribution in [0.3, 0.4) is 0 Å². The van der Waals surface area contributed by atoms with Crippen molar-refractivity contribution < 1.29 is 9.18 Å². The van der Waals surface area contributed by atoms with E-state index in [0.717, 1.165) is 12.0 Å². The average molecular weight is 258 g/mol. The summed E-state index contributed by atoms with van der Waals surface area (Å²) < 4.78 is 13.8. The van der Waals surface area contributed by atoms with Gasteiger partial charge in [0, 0.05) is 31.5 Å². The molecule has 0 radical (unpaired) electrons.